The van der Waals surface area contributed by atoms with E-state index in [-0.39, 0.29) is 0 Å². The zero-order valence-corrected chi connectivity index (χ0v) is 10.5. The maximum Gasteiger partial charge on any atom is 0.125 e. The highest BCUT2D eigenvalue weighted by atomic mass is 16.5. The lowest BCUT2D eigenvalue weighted by Gasteiger charge is -2.25. The van der Waals surface area contributed by atoms with E-state index in [1.165, 1.54) is 29.5 Å². The molecule has 0 aromatic heterocycles. The van der Waals surface area contributed by atoms with Crippen molar-refractivity contribution in [2.45, 2.75) is 32.6 Å². The van der Waals surface area contributed by atoms with Crippen molar-refractivity contribution in [1.82, 2.24) is 5.32 Å². The lowest BCUT2D eigenvalue weighted by atomic mass is 9.87. The topological polar surface area (TPSA) is 21.3 Å². The van der Waals surface area contributed by atoms with Gasteiger partial charge in [0.25, 0.3) is 0 Å². The van der Waals surface area contributed by atoms with Gasteiger partial charge < -0.3 is 10.1 Å². The van der Waals surface area contributed by atoms with Crippen molar-refractivity contribution < 1.29 is 4.74 Å². The molecule has 0 saturated carbocycles. The highest BCUT2D eigenvalue weighted by Gasteiger charge is 2.20. The monoisotopic (exact) mass is 219 g/mol. The van der Waals surface area contributed by atoms with Gasteiger partial charge in [-0.25, -0.2) is 0 Å². The van der Waals surface area contributed by atoms with Crippen molar-refractivity contribution in [1.29, 1.82) is 0 Å². The highest BCUT2D eigenvalue weighted by molar-refractivity contribution is 5.45. The van der Waals surface area contributed by atoms with Gasteiger partial charge in [0.2, 0.25) is 0 Å². The van der Waals surface area contributed by atoms with Gasteiger partial charge in [0.15, 0.2) is 0 Å². The van der Waals surface area contributed by atoms with E-state index in [4.69, 9.17) is 4.74 Å². The number of methoxy groups -OCH3 is 1. The molecule has 1 heterocycles. The Hall–Kier alpha value is -1.02. The van der Waals surface area contributed by atoms with Crippen molar-refractivity contribution in [2.75, 3.05) is 20.2 Å². The predicted octanol–water partition coefficient (Wildman–Crippen LogP) is 2.78. The van der Waals surface area contributed by atoms with Crippen molar-refractivity contribution >= 4 is 0 Å². The smallest absolute Gasteiger partial charge is 0.125 e. The van der Waals surface area contributed by atoms with Crippen LogP contribution >= 0.6 is 0 Å². The third kappa shape index (κ3) is 2.22. The van der Waals surface area contributed by atoms with Crippen LogP contribution in [0.15, 0.2) is 12.1 Å². The van der Waals surface area contributed by atoms with Crippen molar-refractivity contribution in [2.24, 2.45) is 0 Å². The van der Waals surface area contributed by atoms with Crippen molar-refractivity contribution in [3.05, 3.63) is 28.8 Å². The van der Waals surface area contributed by atoms with Crippen molar-refractivity contribution in [3.8, 4) is 5.75 Å². The second kappa shape index (κ2) is 4.88. The third-order valence-electron chi connectivity index (χ3n) is 3.43. The summed E-state index contributed by atoms with van der Waals surface area (Å²) in [7, 11) is 1.78. The molecule has 2 rings (SSSR count). The first-order valence-corrected chi connectivity index (χ1v) is 6.08. The number of nitrogens with one attached hydrogen (secondary N) is 1. The van der Waals surface area contributed by atoms with Crippen LogP contribution in [-0.2, 0) is 0 Å². The number of benzene rings is 1. The summed E-state index contributed by atoms with van der Waals surface area (Å²) in [4.78, 5) is 0. The summed E-state index contributed by atoms with van der Waals surface area (Å²) in [5.41, 5.74) is 4.00. The normalized spacial score (nSPS) is 17.4. The summed E-state index contributed by atoms with van der Waals surface area (Å²) >= 11 is 0. The maximum atomic E-state index is 5.56. The molecule has 1 aromatic carbocycles. The molecule has 1 fully saturated rings. The number of hydrogen-bond acceptors (Lipinski definition) is 2. The van der Waals surface area contributed by atoms with Crippen LogP contribution < -0.4 is 10.1 Å². The van der Waals surface area contributed by atoms with Crippen LogP contribution in [-0.4, -0.2) is 20.2 Å². The summed E-state index contributed by atoms with van der Waals surface area (Å²) in [6.07, 6.45) is 2.44. The molecule has 0 amide bonds. The summed E-state index contributed by atoms with van der Waals surface area (Å²) < 4.78 is 5.56. The first-order valence-electron chi connectivity index (χ1n) is 6.08. The van der Waals surface area contributed by atoms with E-state index in [0.717, 1.165) is 18.8 Å². The molecule has 0 unspecified atom stereocenters. The zero-order chi connectivity index (χ0) is 11.5. The van der Waals surface area contributed by atoms with E-state index in [1.54, 1.807) is 7.11 Å². The summed E-state index contributed by atoms with van der Waals surface area (Å²) in [6.45, 7) is 6.55. The number of aryl methyl sites for hydroxylation is 2. The fourth-order valence-corrected chi connectivity index (χ4v) is 2.70. The molecule has 1 N–H and O–H groups in total. The van der Waals surface area contributed by atoms with Gasteiger partial charge in [0.1, 0.15) is 5.75 Å². The Morgan fingerprint density at radius 2 is 1.88 bits per heavy atom. The van der Waals surface area contributed by atoms with E-state index in [9.17, 15) is 0 Å². The van der Waals surface area contributed by atoms with Gasteiger partial charge in [-0.2, -0.15) is 0 Å². The number of rotatable bonds is 2. The molecular weight excluding hydrogens is 198 g/mol. The Balaban J connectivity index is 2.36. The Morgan fingerprint density at radius 3 is 2.50 bits per heavy atom. The second-order valence-electron chi connectivity index (χ2n) is 4.73. The summed E-state index contributed by atoms with van der Waals surface area (Å²) in [5, 5.41) is 3.41. The Kier molecular flexibility index (Phi) is 3.49. The van der Waals surface area contributed by atoms with Gasteiger partial charge in [-0.15, -0.1) is 0 Å². The predicted molar refractivity (Wildman–Crippen MR) is 67.3 cm³/mol. The van der Waals surface area contributed by atoms with Crippen LogP contribution in [0.1, 0.15) is 35.4 Å². The molecule has 0 radical (unpaired) electrons. The number of hydrogen-bond donors (Lipinski definition) is 1. The van der Waals surface area contributed by atoms with Gasteiger partial charge in [0, 0.05) is 0 Å². The molecule has 0 bridgehead atoms. The number of ether oxygens (including phenoxy) is 1. The quantitative estimate of drug-likeness (QED) is 0.826. The molecule has 0 spiro atoms. The molecular formula is C14H21NO. The van der Waals surface area contributed by atoms with Gasteiger partial charge in [0.05, 0.1) is 7.11 Å². The molecule has 1 aliphatic heterocycles. The minimum Gasteiger partial charge on any atom is -0.496 e. The minimum absolute atomic E-state index is 0.662. The molecule has 0 atom stereocenters. The Morgan fingerprint density at radius 1 is 1.19 bits per heavy atom. The second-order valence-corrected chi connectivity index (χ2v) is 4.73. The van der Waals surface area contributed by atoms with Crippen LogP contribution in [0.25, 0.3) is 0 Å². The largest absolute Gasteiger partial charge is 0.496 e. The van der Waals surface area contributed by atoms with E-state index in [0.29, 0.717) is 5.92 Å². The average molecular weight is 219 g/mol. The summed E-state index contributed by atoms with van der Waals surface area (Å²) in [6, 6.07) is 4.49. The standard InChI is InChI=1S/C14H21NO/c1-10-8-11(2)14(16-3)13(9-10)12-4-6-15-7-5-12/h8-9,12,15H,4-7H2,1-3H3. The molecule has 0 aliphatic carbocycles. The Labute approximate surface area is 98.0 Å². The fourth-order valence-electron chi connectivity index (χ4n) is 2.70. The SMILES string of the molecule is COc1c(C)cc(C)cc1C1CCNCC1. The molecule has 16 heavy (non-hydrogen) atoms. The lowest BCUT2D eigenvalue weighted by molar-refractivity contribution is 0.389. The van der Waals surface area contributed by atoms with Crippen LogP contribution in [0.2, 0.25) is 0 Å². The zero-order valence-electron chi connectivity index (χ0n) is 10.5. The van der Waals surface area contributed by atoms with Crippen LogP contribution in [0.4, 0.5) is 0 Å². The first-order chi connectivity index (χ1) is 7.72. The van der Waals surface area contributed by atoms with Crippen molar-refractivity contribution in [3.63, 3.8) is 0 Å². The van der Waals surface area contributed by atoms with Gasteiger partial charge in [-0.1, -0.05) is 17.7 Å². The van der Waals surface area contributed by atoms with Crippen LogP contribution in [0.5, 0.6) is 5.75 Å². The third-order valence-corrected chi connectivity index (χ3v) is 3.43. The van der Waals surface area contributed by atoms with Crippen LogP contribution in [0.3, 0.4) is 0 Å². The van der Waals surface area contributed by atoms with Gasteiger partial charge in [-0.05, 0) is 56.8 Å². The first kappa shape index (κ1) is 11.5. The lowest BCUT2D eigenvalue weighted by Crippen LogP contribution is -2.27. The molecule has 2 nitrogen and oxygen atoms in total. The minimum atomic E-state index is 0.662. The fraction of sp³-hybridized carbons (Fsp3) is 0.571. The molecule has 88 valence electrons. The molecule has 2 heteroatoms. The summed E-state index contributed by atoms with van der Waals surface area (Å²) in [5.74, 6) is 1.76. The van der Waals surface area contributed by atoms with Crippen LogP contribution in [0, 0.1) is 13.8 Å². The highest BCUT2D eigenvalue weighted by Crippen LogP contribution is 2.35. The van der Waals surface area contributed by atoms with Gasteiger partial charge in [-0.3, -0.25) is 0 Å². The maximum absolute atomic E-state index is 5.56. The van der Waals surface area contributed by atoms with E-state index in [1.807, 2.05) is 0 Å². The van der Waals surface area contributed by atoms with E-state index < -0.39 is 0 Å². The number of piperidine rings is 1. The average Bonchev–Trinajstić information content (AvgIpc) is 2.29. The molecule has 1 aromatic rings. The van der Waals surface area contributed by atoms with Gasteiger partial charge >= 0.3 is 0 Å². The van der Waals surface area contributed by atoms with E-state index >= 15 is 0 Å². The van der Waals surface area contributed by atoms with E-state index in [2.05, 4.69) is 31.3 Å². The molecule has 1 saturated heterocycles. The molecule has 1 aliphatic rings. The Bertz CT molecular complexity index is 367.